The van der Waals surface area contributed by atoms with Gasteiger partial charge >= 0.3 is 0 Å². The van der Waals surface area contributed by atoms with Gasteiger partial charge in [0.05, 0.1) is 12.6 Å². The molecule has 2 amide bonds. The van der Waals surface area contributed by atoms with Crippen LogP contribution in [0, 0.1) is 0 Å². The first-order valence-electron chi connectivity index (χ1n) is 6.31. The van der Waals surface area contributed by atoms with Crippen molar-refractivity contribution in [3.63, 3.8) is 0 Å². The lowest BCUT2D eigenvalue weighted by molar-refractivity contribution is -0.137. The fourth-order valence-corrected chi connectivity index (χ4v) is 1.57. The number of carbonyl (C=O) groups is 2. The number of nitrogens with two attached hydrogens (primary N) is 1. The summed E-state index contributed by atoms with van der Waals surface area (Å²) in [6.45, 7) is 4.71. The lowest BCUT2D eigenvalue weighted by Gasteiger charge is -2.24. The van der Waals surface area contributed by atoms with Crippen molar-refractivity contribution in [3.8, 4) is 0 Å². The minimum atomic E-state index is -0.480. The van der Waals surface area contributed by atoms with E-state index in [0.29, 0.717) is 13.0 Å². The average Bonchev–Trinajstić information content (AvgIpc) is 2.34. The van der Waals surface area contributed by atoms with Crippen LogP contribution in [0.15, 0.2) is 0 Å². The quantitative estimate of drug-likeness (QED) is 0.651. The molecule has 0 aliphatic heterocycles. The summed E-state index contributed by atoms with van der Waals surface area (Å²) in [4.78, 5) is 24.8. The Morgan fingerprint density at radius 3 is 2.41 bits per heavy atom. The molecular formula is C12H25N3O2. The van der Waals surface area contributed by atoms with Gasteiger partial charge in [-0.2, -0.15) is 0 Å². The van der Waals surface area contributed by atoms with E-state index in [1.807, 2.05) is 6.92 Å². The Kier molecular flexibility index (Phi) is 8.40. The molecule has 0 fully saturated rings. The van der Waals surface area contributed by atoms with Gasteiger partial charge in [-0.25, -0.2) is 0 Å². The number of amides is 2. The fraction of sp³-hybridized carbons (Fsp3) is 0.833. The molecule has 0 spiro atoms. The van der Waals surface area contributed by atoms with Crippen LogP contribution >= 0.6 is 0 Å². The van der Waals surface area contributed by atoms with Crippen LogP contribution in [0.2, 0.25) is 0 Å². The second kappa shape index (κ2) is 8.98. The highest BCUT2D eigenvalue weighted by Gasteiger charge is 2.21. The summed E-state index contributed by atoms with van der Waals surface area (Å²) in [5.41, 5.74) is 5.83. The van der Waals surface area contributed by atoms with Crippen LogP contribution in [0.25, 0.3) is 0 Å². The zero-order valence-electron chi connectivity index (χ0n) is 11.2. The smallest absolute Gasteiger partial charge is 0.239 e. The van der Waals surface area contributed by atoms with Crippen molar-refractivity contribution in [1.82, 2.24) is 10.2 Å². The van der Waals surface area contributed by atoms with E-state index in [9.17, 15) is 9.59 Å². The largest absolute Gasteiger partial charge is 0.358 e. The molecule has 0 aliphatic carbocycles. The van der Waals surface area contributed by atoms with E-state index in [0.717, 1.165) is 19.3 Å². The molecule has 5 nitrogen and oxygen atoms in total. The molecule has 3 N–H and O–H groups in total. The highest BCUT2D eigenvalue weighted by Crippen LogP contribution is 2.03. The van der Waals surface area contributed by atoms with Gasteiger partial charge in [-0.3, -0.25) is 9.59 Å². The Labute approximate surface area is 104 Å². The van der Waals surface area contributed by atoms with E-state index in [4.69, 9.17) is 5.73 Å². The molecule has 0 rings (SSSR count). The number of unbranched alkanes of at least 4 members (excludes halogenated alkanes) is 1. The normalized spacial score (nSPS) is 12.0. The Morgan fingerprint density at radius 1 is 1.29 bits per heavy atom. The lowest BCUT2D eigenvalue weighted by Crippen LogP contribution is -2.47. The summed E-state index contributed by atoms with van der Waals surface area (Å²) < 4.78 is 0. The second-order valence-electron chi connectivity index (χ2n) is 4.18. The first-order chi connectivity index (χ1) is 8.06. The van der Waals surface area contributed by atoms with Crippen LogP contribution in [0.4, 0.5) is 0 Å². The Bertz CT molecular complexity index is 244. The molecule has 0 heterocycles. The van der Waals surface area contributed by atoms with Gasteiger partial charge in [0.25, 0.3) is 0 Å². The molecule has 0 saturated carbocycles. The van der Waals surface area contributed by atoms with Crippen LogP contribution in [-0.2, 0) is 9.59 Å². The van der Waals surface area contributed by atoms with Gasteiger partial charge in [-0.05, 0) is 12.8 Å². The minimum absolute atomic E-state index is 0.100. The average molecular weight is 243 g/mol. The summed E-state index contributed by atoms with van der Waals surface area (Å²) in [6.07, 6.45) is 3.46. The molecular weight excluding hydrogens is 218 g/mol. The molecule has 0 unspecified atom stereocenters. The van der Waals surface area contributed by atoms with E-state index in [1.165, 1.54) is 0 Å². The Morgan fingerprint density at radius 2 is 1.94 bits per heavy atom. The highest BCUT2D eigenvalue weighted by atomic mass is 16.2. The van der Waals surface area contributed by atoms with Crippen LogP contribution in [0.1, 0.15) is 39.5 Å². The maximum atomic E-state index is 12.0. The third-order valence-corrected chi connectivity index (χ3v) is 2.60. The predicted molar refractivity (Wildman–Crippen MR) is 68.4 cm³/mol. The minimum Gasteiger partial charge on any atom is -0.358 e. The molecule has 1 atom stereocenters. The molecule has 0 bridgehead atoms. The van der Waals surface area contributed by atoms with Gasteiger partial charge in [0.1, 0.15) is 0 Å². The number of nitrogens with one attached hydrogen (secondary N) is 1. The van der Waals surface area contributed by atoms with Crippen molar-refractivity contribution >= 4 is 11.8 Å². The van der Waals surface area contributed by atoms with Crippen molar-refractivity contribution in [2.24, 2.45) is 5.73 Å². The summed E-state index contributed by atoms with van der Waals surface area (Å²) in [5, 5.41) is 2.52. The first kappa shape index (κ1) is 15.9. The third-order valence-electron chi connectivity index (χ3n) is 2.60. The topological polar surface area (TPSA) is 75.4 Å². The Balaban J connectivity index is 4.36. The molecule has 0 saturated heterocycles. The number of rotatable bonds is 8. The maximum absolute atomic E-state index is 12.0. The van der Waals surface area contributed by atoms with E-state index >= 15 is 0 Å². The molecule has 17 heavy (non-hydrogen) atoms. The zero-order chi connectivity index (χ0) is 13.3. The Hall–Kier alpha value is -1.10. The standard InChI is InChI=1S/C12H25N3O2/c1-4-6-7-10(13)12(17)15(8-5-2)9-11(16)14-3/h10H,4-9,13H2,1-3H3,(H,14,16)/t10-/m0/s1. The lowest BCUT2D eigenvalue weighted by atomic mass is 10.1. The molecule has 5 heteroatoms. The fourth-order valence-electron chi connectivity index (χ4n) is 1.57. The monoisotopic (exact) mass is 243 g/mol. The van der Waals surface area contributed by atoms with Gasteiger partial charge < -0.3 is 16.0 Å². The van der Waals surface area contributed by atoms with Crippen molar-refractivity contribution in [1.29, 1.82) is 0 Å². The van der Waals surface area contributed by atoms with E-state index < -0.39 is 6.04 Å². The first-order valence-corrected chi connectivity index (χ1v) is 6.31. The molecule has 0 aliphatic rings. The second-order valence-corrected chi connectivity index (χ2v) is 4.18. The van der Waals surface area contributed by atoms with E-state index in [1.54, 1.807) is 11.9 Å². The number of hydrogen-bond donors (Lipinski definition) is 2. The van der Waals surface area contributed by atoms with Gasteiger partial charge in [-0.15, -0.1) is 0 Å². The van der Waals surface area contributed by atoms with Gasteiger partial charge in [0.2, 0.25) is 11.8 Å². The van der Waals surface area contributed by atoms with Gasteiger partial charge in [-0.1, -0.05) is 26.7 Å². The predicted octanol–water partition coefficient (Wildman–Crippen LogP) is 0.489. The zero-order valence-corrected chi connectivity index (χ0v) is 11.2. The summed E-state index contributed by atoms with van der Waals surface area (Å²) in [5.74, 6) is -0.279. The van der Waals surface area contributed by atoms with Gasteiger partial charge in [0, 0.05) is 13.6 Å². The van der Waals surface area contributed by atoms with E-state index in [-0.39, 0.29) is 18.4 Å². The van der Waals surface area contributed by atoms with Crippen molar-refractivity contribution in [2.75, 3.05) is 20.1 Å². The molecule has 0 aromatic carbocycles. The molecule has 0 radical (unpaired) electrons. The van der Waals surface area contributed by atoms with Crippen molar-refractivity contribution in [3.05, 3.63) is 0 Å². The van der Waals surface area contributed by atoms with E-state index in [2.05, 4.69) is 12.2 Å². The molecule has 0 aromatic rings. The molecule has 0 aromatic heterocycles. The summed E-state index contributed by atoms with van der Waals surface area (Å²) >= 11 is 0. The summed E-state index contributed by atoms with van der Waals surface area (Å²) in [6, 6.07) is -0.480. The number of nitrogens with zero attached hydrogens (tertiary/aromatic N) is 1. The van der Waals surface area contributed by atoms with Crippen LogP contribution in [-0.4, -0.2) is 42.9 Å². The van der Waals surface area contributed by atoms with Crippen LogP contribution < -0.4 is 11.1 Å². The van der Waals surface area contributed by atoms with Crippen molar-refractivity contribution in [2.45, 2.75) is 45.6 Å². The molecule has 100 valence electrons. The number of hydrogen-bond acceptors (Lipinski definition) is 3. The summed E-state index contributed by atoms with van der Waals surface area (Å²) in [7, 11) is 1.56. The van der Waals surface area contributed by atoms with Crippen LogP contribution in [0.5, 0.6) is 0 Å². The highest BCUT2D eigenvalue weighted by molar-refractivity contribution is 5.87. The number of carbonyl (C=O) groups excluding carboxylic acids is 2. The third kappa shape index (κ3) is 6.26. The van der Waals surface area contributed by atoms with Crippen molar-refractivity contribution < 1.29 is 9.59 Å². The SMILES string of the molecule is CCCC[C@H](N)C(=O)N(CCC)CC(=O)NC. The van der Waals surface area contributed by atoms with Crippen LogP contribution in [0.3, 0.4) is 0 Å². The van der Waals surface area contributed by atoms with Gasteiger partial charge in [0.15, 0.2) is 0 Å². The maximum Gasteiger partial charge on any atom is 0.239 e. The number of likely N-dealkylation sites (N-methyl/N-ethyl adjacent to an activating group) is 1.